The minimum absolute atomic E-state index is 0.288. The number of hydrogen-bond donors (Lipinski definition) is 0. The quantitative estimate of drug-likeness (QED) is 0.817. The van der Waals surface area contributed by atoms with Crippen LogP contribution in [0.2, 0.25) is 0 Å². The van der Waals surface area contributed by atoms with Gasteiger partial charge in [-0.2, -0.15) is 9.50 Å². The van der Waals surface area contributed by atoms with Crippen LogP contribution in [0, 0.1) is 5.82 Å². The number of benzene rings is 1. The van der Waals surface area contributed by atoms with Gasteiger partial charge in [-0.15, -0.1) is 0 Å². The summed E-state index contributed by atoms with van der Waals surface area (Å²) in [5, 5.41) is 4.37. The highest BCUT2D eigenvalue weighted by atomic mass is 32.2. The lowest BCUT2D eigenvalue weighted by molar-refractivity contribution is 0.627. The Kier molecular flexibility index (Phi) is 4.37. The first kappa shape index (κ1) is 15.6. The van der Waals surface area contributed by atoms with E-state index in [4.69, 9.17) is 0 Å². The summed E-state index contributed by atoms with van der Waals surface area (Å²) in [5.41, 5.74) is 2.02. The van der Waals surface area contributed by atoms with Crippen molar-refractivity contribution < 1.29 is 8.60 Å². The molecule has 0 saturated carbocycles. The van der Waals surface area contributed by atoms with E-state index in [1.165, 1.54) is 12.1 Å². The van der Waals surface area contributed by atoms with Gasteiger partial charge in [0.1, 0.15) is 22.5 Å². The van der Waals surface area contributed by atoms with Crippen molar-refractivity contribution in [2.45, 2.75) is 32.4 Å². The van der Waals surface area contributed by atoms with Gasteiger partial charge in [-0.3, -0.25) is 0 Å². The Hall–Kier alpha value is -1.82. The Bertz CT molecular complexity index is 684. The molecule has 1 unspecified atom stereocenters. The van der Waals surface area contributed by atoms with E-state index in [0.717, 1.165) is 5.69 Å². The van der Waals surface area contributed by atoms with E-state index in [9.17, 15) is 8.60 Å². The molecule has 0 fully saturated rings. The number of halogens is 1. The molecule has 0 spiro atoms. The van der Waals surface area contributed by atoms with Crippen molar-refractivity contribution in [2.75, 3.05) is 0 Å². The van der Waals surface area contributed by atoms with Crippen molar-refractivity contribution in [3.63, 3.8) is 0 Å². The van der Waals surface area contributed by atoms with Crippen LogP contribution < -0.4 is 0 Å². The molecule has 0 N–H and O–H groups in total. The standard InChI is InChI=1S/C15H18FN3OS/c1-11(18-21(20)15(2,3)4)14-9-10-19(17-14)13-7-5-12(16)6-8-13/h5-10H,1-4H3. The van der Waals surface area contributed by atoms with Gasteiger partial charge in [0.25, 0.3) is 0 Å². The third-order valence-corrected chi connectivity index (χ3v) is 4.28. The molecule has 1 heterocycles. The molecule has 0 amide bonds. The van der Waals surface area contributed by atoms with Gasteiger partial charge >= 0.3 is 0 Å². The molecule has 0 radical (unpaired) electrons. The minimum atomic E-state index is -1.32. The lowest BCUT2D eigenvalue weighted by Crippen LogP contribution is -2.20. The maximum atomic E-state index is 12.9. The van der Waals surface area contributed by atoms with Crippen LogP contribution in [0.25, 0.3) is 5.69 Å². The second kappa shape index (κ2) is 5.89. The van der Waals surface area contributed by atoms with E-state index in [1.807, 2.05) is 20.8 Å². The largest absolute Gasteiger partial charge is 0.240 e. The monoisotopic (exact) mass is 307 g/mol. The zero-order chi connectivity index (χ0) is 15.6. The van der Waals surface area contributed by atoms with E-state index < -0.39 is 15.7 Å². The number of aromatic nitrogens is 2. The number of hydrogen-bond acceptors (Lipinski definition) is 2. The molecule has 0 saturated heterocycles. The van der Waals surface area contributed by atoms with Crippen LogP contribution in [0.3, 0.4) is 0 Å². The van der Waals surface area contributed by atoms with Crippen LogP contribution in [0.15, 0.2) is 40.9 Å². The summed E-state index contributed by atoms with van der Waals surface area (Å²) >= 11 is 0. The topological polar surface area (TPSA) is 47.2 Å². The van der Waals surface area contributed by atoms with Gasteiger partial charge in [0.15, 0.2) is 0 Å². The van der Waals surface area contributed by atoms with E-state index in [-0.39, 0.29) is 5.82 Å². The van der Waals surface area contributed by atoms with Gasteiger partial charge in [-0.1, -0.05) is 0 Å². The molecule has 0 aliphatic heterocycles. The summed E-state index contributed by atoms with van der Waals surface area (Å²) in [6.45, 7) is 7.39. The van der Waals surface area contributed by atoms with E-state index in [2.05, 4.69) is 9.50 Å². The second-order valence-electron chi connectivity index (χ2n) is 5.66. The maximum absolute atomic E-state index is 12.9. The van der Waals surface area contributed by atoms with Gasteiger partial charge in [-0.25, -0.2) is 13.3 Å². The first-order valence-electron chi connectivity index (χ1n) is 6.56. The zero-order valence-electron chi connectivity index (χ0n) is 12.5. The average Bonchev–Trinajstić information content (AvgIpc) is 2.88. The molecule has 0 bridgehead atoms. The molecule has 0 aliphatic carbocycles. The summed E-state index contributed by atoms with van der Waals surface area (Å²) in [6.07, 6.45) is 1.77. The molecule has 1 aromatic heterocycles. The van der Waals surface area contributed by atoms with E-state index in [0.29, 0.717) is 11.4 Å². The van der Waals surface area contributed by atoms with Gasteiger partial charge in [0.05, 0.1) is 16.1 Å². The first-order valence-corrected chi connectivity index (χ1v) is 7.67. The fraction of sp³-hybridized carbons (Fsp3) is 0.333. The normalized spacial score (nSPS) is 14.2. The SMILES string of the molecule is CC(=NS(=O)C(C)(C)C)c1ccn(-c2ccc(F)cc2)n1. The Morgan fingerprint density at radius 1 is 1.24 bits per heavy atom. The van der Waals surface area contributed by atoms with Crippen molar-refractivity contribution in [3.8, 4) is 5.69 Å². The molecular formula is C15H18FN3OS. The molecule has 1 aromatic carbocycles. The van der Waals surface area contributed by atoms with Crippen LogP contribution in [-0.4, -0.2) is 24.4 Å². The highest BCUT2D eigenvalue weighted by Crippen LogP contribution is 2.14. The van der Waals surface area contributed by atoms with Gasteiger partial charge in [0.2, 0.25) is 0 Å². The molecule has 2 aromatic rings. The average molecular weight is 307 g/mol. The summed E-state index contributed by atoms with van der Waals surface area (Å²) < 4.78 is 30.3. The molecule has 6 heteroatoms. The second-order valence-corrected chi connectivity index (χ2v) is 7.57. The van der Waals surface area contributed by atoms with Gasteiger partial charge < -0.3 is 0 Å². The fourth-order valence-electron chi connectivity index (χ4n) is 1.56. The minimum Gasteiger partial charge on any atom is -0.240 e. The number of nitrogens with zero attached hydrogens (tertiary/aromatic N) is 3. The van der Waals surface area contributed by atoms with Crippen LogP contribution >= 0.6 is 0 Å². The molecule has 1 atom stereocenters. The van der Waals surface area contributed by atoms with Gasteiger partial charge in [-0.05, 0) is 58.0 Å². The smallest absolute Gasteiger partial charge is 0.145 e. The highest BCUT2D eigenvalue weighted by molar-refractivity contribution is 7.85. The van der Waals surface area contributed by atoms with Crippen LogP contribution in [-0.2, 0) is 11.0 Å². The maximum Gasteiger partial charge on any atom is 0.145 e. The molecule has 21 heavy (non-hydrogen) atoms. The Balaban J connectivity index is 2.25. The Morgan fingerprint density at radius 2 is 1.86 bits per heavy atom. The van der Waals surface area contributed by atoms with Crippen molar-refractivity contribution in [1.29, 1.82) is 0 Å². The van der Waals surface area contributed by atoms with Gasteiger partial charge in [0, 0.05) is 6.20 Å². The third-order valence-electron chi connectivity index (χ3n) is 2.79. The molecule has 2 rings (SSSR count). The van der Waals surface area contributed by atoms with Crippen molar-refractivity contribution >= 4 is 16.7 Å². The highest BCUT2D eigenvalue weighted by Gasteiger charge is 2.19. The molecule has 112 valence electrons. The molecular weight excluding hydrogens is 289 g/mol. The van der Waals surface area contributed by atoms with E-state index >= 15 is 0 Å². The molecule has 4 nitrogen and oxygen atoms in total. The predicted octanol–water partition coefficient (Wildman–Crippen LogP) is 3.28. The molecule has 0 aliphatic rings. The van der Waals surface area contributed by atoms with E-state index in [1.54, 1.807) is 36.0 Å². The summed E-state index contributed by atoms with van der Waals surface area (Å²) in [7, 11) is -1.32. The predicted molar refractivity (Wildman–Crippen MR) is 83.6 cm³/mol. The van der Waals surface area contributed by atoms with Crippen molar-refractivity contribution in [3.05, 3.63) is 48.0 Å². The third kappa shape index (κ3) is 3.85. The Morgan fingerprint density at radius 3 is 2.43 bits per heavy atom. The summed E-state index contributed by atoms with van der Waals surface area (Å²) in [6, 6.07) is 7.85. The summed E-state index contributed by atoms with van der Waals surface area (Å²) in [5.74, 6) is -0.288. The van der Waals surface area contributed by atoms with Crippen LogP contribution in [0.5, 0.6) is 0 Å². The van der Waals surface area contributed by atoms with Crippen molar-refractivity contribution in [2.24, 2.45) is 4.40 Å². The van der Waals surface area contributed by atoms with Crippen molar-refractivity contribution in [1.82, 2.24) is 9.78 Å². The number of rotatable bonds is 3. The zero-order valence-corrected chi connectivity index (χ0v) is 13.3. The summed E-state index contributed by atoms with van der Waals surface area (Å²) in [4.78, 5) is 0. The van der Waals surface area contributed by atoms with Crippen LogP contribution in [0.1, 0.15) is 33.4 Å². The van der Waals surface area contributed by atoms with Crippen LogP contribution in [0.4, 0.5) is 4.39 Å². The lowest BCUT2D eigenvalue weighted by Gasteiger charge is -2.13. The Labute approximate surface area is 126 Å². The lowest BCUT2D eigenvalue weighted by atomic mass is 10.3. The fourth-order valence-corrected chi connectivity index (χ4v) is 2.18. The first-order chi connectivity index (χ1) is 9.77.